The van der Waals surface area contributed by atoms with Crippen LogP contribution < -0.4 is 5.56 Å². The van der Waals surface area contributed by atoms with Crippen LogP contribution in [-0.4, -0.2) is 34.6 Å². The van der Waals surface area contributed by atoms with Crippen LogP contribution in [0.5, 0.6) is 0 Å². The third-order valence-corrected chi connectivity index (χ3v) is 7.43. The molecule has 1 aliphatic heterocycles. The summed E-state index contributed by atoms with van der Waals surface area (Å²) >= 11 is 1.39. The van der Waals surface area contributed by atoms with E-state index in [4.69, 9.17) is 4.98 Å². The summed E-state index contributed by atoms with van der Waals surface area (Å²) in [7, 11) is 2.08. The number of piperidine rings is 1. The summed E-state index contributed by atoms with van der Waals surface area (Å²) in [4.78, 5) is 20.3. The van der Waals surface area contributed by atoms with E-state index in [9.17, 15) is 18.0 Å². The third-order valence-electron chi connectivity index (χ3n) is 6.18. The lowest BCUT2D eigenvalue weighted by Gasteiger charge is -2.27. The van der Waals surface area contributed by atoms with Crippen LogP contribution in [0.15, 0.2) is 65.6 Å². The average Bonchev–Trinajstić information content (AvgIpc) is 3.25. The Morgan fingerprint density at radius 3 is 2.47 bits per heavy atom. The molecule has 0 unspecified atom stereocenters. The molecule has 4 nitrogen and oxygen atoms in total. The van der Waals surface area contributed by atoms with Crippen molar-refractivity contribution in [2.75, 3.05) is 20.1 Å². The van der Waals surface area contributed by atoms with Gasteiger partial charge < -0.3 is 4.90 Å². The zero-order valence-corrected chi connectivity index (χ0v) is 19.3. The molecule has 1 aliphatic rings. The molecule has 34 heavy (non-hydrogen) atoms. The van der Waals surface area contributed by atoms with Crippen molar-refractivity contribution in [3.05, 3.63) is 93.6 Å². The maximum Gasteiger partial charge on any atom is 0.255 e. The molecular weight excluding hydrogens is 459 g/mol. The van der Waals surface area contributed by atoms with Gasteiger partial charge in [-0.1, -0.05) is 12.1 Å². The number of aromatic nitrogens is 2. The molecular formula is C26H22F3N3OS. The van der Waals surface area contributed by atoms with Crippen LogP contribution in [0.3, 0.4) is 0 Å². The maximum atomic E-state index is 14.8. The second-order valence-electron chi connectivity index (χ2n) is 8.51. The summed E-state index contributed by atoms with van der Waals surface area (Å²) in [5, 5.41) is 0.880. The topological polar surface area (TPSA) is 38.1 Å². The van der Waals surface area contributed by atoms with Crippen molar-refractivity contribution in [1.82, 2.24) is 14.5 Å². The molecule has 2 aromatic heterocycles. The summed E-state index contributed by atoms with van der Waals surface area (Å²) in [6.45, 7) is 1.88. The molecule has 1 saturated heterocycles. The molecule has 0 saturated carbocycles. The number of nitrogens with zero attached hydrogens (tertiary/aromatic N) is 3. The summed E-state index contributed by atoms with van der Waals surface area (Å²) in [6, 6.07) is 12.5. The number of rotatable bonds is 4. The van der Waals surface area contributed by atoms with Crippen LogP contribution >= 0.6 is 11.3 Å². The van der Waals surface area contributed by atoms with Crippen LogP contribution in [-0.2, 0) is 0 Å². The number of para-hydroxylation sites is 1. The number of benzene rings is 2. The normalized spacial score (nSPS) is 15.1. The van der Waals surface area contributed by atoms with E-state index >= 15 is 0 Å². The van der Waals surface area contributed by atoms with Gasteiger partial charge in [-0.05, 0) is 63.3 Å². The van der Waals surface area contributed by atoms with Gasteiger partial charge in [0.25, 0.3) is 5.56 Å². The zero-order chi connectivity index (χ0) is 23.8. The van der Waals surface area contributed by atoms with E-state index in [1.165, 1.54) is 52.4 Å². The number of thiazole rings is 1. The van der Waals surface area contributed by atoms with Gasteiger partial charge in [0.15, 0.2) is 0 Å². The lowest BCUT2D eigenvalue weighted by atomic mass is 9.98. The van der Waals surface area contributed by atoms with Crippen LogP contribution in [0.2, 0.25) is 0 Å². The molecule has 0 bridgehead atoms. The highest BCUT2D eigenvalue weighted by atomic mass is 32.1. The van der Waals surface area contributed by atoms with Crippen LogP contribution in [0.25, 0.3) is 27.4 Å². The van der Waals surface area contributed by atoms with E-state index in [2.05, 4.69) is 11.9 Å². The van der Waals surface area contributed by atoms with Gasteiger partial charge in [0.2, 0.25) is 0 Å². The fourth-order valence-electron chi connectivity index (χ4n) is 4.28. The van der Waals surface area contributed by atoms with Crippen molar-refractivity contribution >= 4 is 11.3 Å². The van der Waals surface area contributed by atoms with Crippen molar-refractivity contribution in [3.8, 4) is 27.4 Å². The summed E-state index contributed by atoms with van der Waals surface area (Å²) < 4.78 is 44.1. The number of halogens is 3. The minimum Gasteiger partial charge on any atom is -0.306 e. The lowest BCUT2D eigenvalue weighted by Crippen LogP contribution is -2.29. The van der Waals surface area contributed by atoms with Gasteiger partial charge >= 0.3 is 0 Å². The van der Waals surface area contributed by atoms with E-state index in [0.29, 0.717) is 16.1 Å². The smallest absolute Gasteiger partial charge is 0.255 e. The largest absolute Gasteiger partial charge is 0.306 e. The Balaban J connectivity index is 1.67. The van der Waals surface area contributed by atoms with Crippen molar-refractivity contribution in [2.24, 2.45) is 0 Å². The van der Waals surface area contributed by atoms with Crippen molar-refractivity contribution < 1.29 is 13.2 Å². The minimum atomic E-state index is -0.678. The second-order valence-corrected chi connectivity index (χ2v) is 9.54. The summed E-state index contributed by atoms with van der Waals surface area (Å²) in [5.74, 6) is -1.63. The first-order valence-corrected chi connectivity index (χ1v) is 11.8. The van der Waals surface area contributed by atoms with Gasteiger partial charge in [0.05, 0.1) is 21.3 Å². The van der Waals surface area contributed by atoms with Gasteiger partial charge in [0.1, 0.15) is 17.5 Å². The number of hydrogen-bond acceptors (Lipinski definition) is 4. The minimum absolute atomic E-state index is 0.120. The summed E-state index contributed by atoms with van der Waals surface area (Å²) in [6.07, 6.45) is 3.40. The van der Waals surface area contributed by atoms with Crippen molar-refractivity contribution in [2.45, 2.75) is 18.8 Å². The second kappa shape index (κ2) is 9.19. The first kappa shape index (κ1) is 22.6. The van der Waals surface area contributed by atoms with Gasteiger partial charge in [0, 0.05) is 35.4 Å². The molecule has 1 fully saturated rings. The van der Waals surface area contributed by atoms with Crippen LogP contribution in [0.4, 0.5) is 13.2 Å². The maximum absolute atomic E-state index is 14.8. The van der Waals surface area contributed by atoms with Gasteiger partial charge in [-0.3, -0.25) is 9.36 Å². The van der Waals surface area contributed by atoms with E-state index in [0.717, 1.165) is 37.0 Å². The predicted molar refractivity (Wildman–Crippen MR) is 128 cm³/mol. The molecule has 0 aliphatic carbocycles. The molecule has 0 radical (unpaired) electrons. The Hall–Kier alpha value is -3.23. The van der Waals surface area contributed by atoms with Crippen LogP contribution in [0.1, 0.15) is 23.8 Å². The zero-order valence-electron chi connectivity index (χ0n) is 18.5. The molecule has 4 aromatic rings. The SMILES string of the molecule is CN1CCC(c2nc(-c3ccc(=O)n(-c4ccccc4F)c3)c(-c3ccc(F)cc3F)s2)CC1. The number of hydrogen-bond donors (Lipinski definition) is 0. The Bertz CT molecular complexity index is 1410. The average molecular weight is 482 g/mol. The predicted octanol–water partition coefficient (Wildman–Crippen LogP) is 5.85. The Morgan fingerprint density at radius 2 is 1.74 bits per heavy atom. The first-order valence-electron chi connectivity index (χ1n) is 11.0. The standard InChI is InChI=1S/C26H22F3N3OS/c1-31-12-10-16(11-13-31)26-30-24(25(34-26)19-8-7-18(27)14-21(19)29)17-6-9-23(33)32(15-17)22-5-3-2-4-20(22)28/h2-9,14-16H,10-13H2,1H3. The first-order chi connectivity index (χ1) is 16.4. The highest BCUT2D eigenvalue weighted by Gasteiger charge is 2.26. The fourth-order valence-corrected chi connectivity index (χ4v) is 5.57. The summed E-state index contributed by atoms with van der Waals surface area (Å²) in [5.41, 5.74) is 1.02. The fraction of sp³-hybridized carbons (Fsp3) is 0.231. The molecule has 2 aromatic carbocycles. The molecule has 0 amide bonds. The van der Waals surface area contributed by atoms with Gasteiger partial charge in [-0.15, -0.1) is 11.3 Å². The van der Waals surface area contributed by atoms with E-state index in [1.807, 2.05) is 0 Å². The van der Waals surface area contributed by atoms with Gasteiger partial charge in [-0.25, -0.2) is 18.2 Å². The van der Waals surface area contributed by atoms with Crippen LogP contribution in [0, 0.1) is 17.5 Å². The Labute approximate surface area is 198 Å². The molecule has 0 spiro atoms. The van der Waals surface area contributed by atoms with Crippen molar-refractivity contribution in [1.29, 1.82) is 0 Å². The van der Waals surface area contributed by atoms with E-state index in [-0.39, 0.29) is 17.2 Å². The quantitative estimate of drug-likeness (QED) is 0.367. The molecule has 8 heteroatoms. The monoisotopic (exact) mass is 481 g/mol. The molecule has 5 rings (SSSR count). The Kier molecular flexibility index (Phi) is 6.10. The lowest BCUT2D eigenvalue weighted by molar-refractivity contribution is 0.255. The molecule has 0 atom stereocenters. The Morgan fingerprint density at radius 1 is 0.971 bits per heavy atom. The number of likely N-dealkylation sites (tertiary alicyclic amines) is 1. The third kappa shape index (κ3) is 4.31. The van der Waals surface area contributed by atoms with E-state index < -0.39 is 23.0 Å². The molecule has 174 valence electrons. The molecule has 0 N–H and O–H groups in total. The molecule has 3 heterocycles. The van der Waals surface area contributed by atoms with E-state index in [1.54, 1.807) is 18.2 Å². The van der Waals surface area contributed by atoms with Gasteiger partial charge in [-0.2, -0.15) is 0 Å². The highest BCUT2D eigenvalue weighted by Crippen LogP contribution is 2.42. The van der Waals surface area contributed by atoms with Crippen molar-refractivity contribution in [3.63, 3.8) is 0 Å². The highest BCUT2D eigenvalue weighted by molar-refractivity contribution is 7.15. The number of pyridine rings is 1.